The van der Waals surface area contributed by atoms with Gasteiger partial charge in [0.15, 0.2) is 0 Å². The number of nitrogens with zero attached hydrogens (tertiary/aromatic N) is 1. The lowest BCUT2D eigenvalue weighted by Crippen LogP contribution is -2.48. The molecule has 0 spiro atoms. The normalized spacial score (nSPS) is 27.7. The molecule has 1 fully saturated rings. The summed E-state index contributed by atoms with van der Waals surface area (Å²) in [7, 11) is 4.46. The molecule has 2 aliphatic carbocycles. The van der Waals surface area contributed by atoms with Gasteiger partial charge in [-0.2, -0.15) is 0 Å². The van der Waals surface area contributed by atoms with Gasteiger partial charge in [0.05, 0.1) is 0 Å². The number of aryl methyl sites for hydroxylation is 1. The Morgan fingerprint density at radius 3 is 2.58 bits per heavy atom. The van der Waals surface area contributed by atoms with Gasteiger partial charge >= 0.3 is 0 Å². The lowest BCUT2D eigenvalue weighted by molar-refractivity contribution is 0.0837. The summed E-state index contributed by atoms with van der Waals surface area (Å²) in [6, 6.07) is 11.0. The summed E-state index contributed by atoms with van der Waals surface area (Å²) in [5, 5.41) is 3.59. The topological polar surface area (TPSA) is 15.3 Å². The van der Waals surface area contributed by atoms with E-state index in [-0.39, 0.29) is 0 Å². The molecule has 0 aromatic heterocycles. The number of fused-ring (bicyclic) bond motifs is 1. The number of hydrogen-bond donors (Lipinski definition) is 1. The maximum absolute atomic E-state index is 3.59. The molecule has 3 rings (SSSR count). The van der Waals surface area contributed by atoms with Gasteiger partial charge < -0.3 is 5.32 Å². The summed E-state index contributed by atoms with van der Waals surface area (Å²) in [5.74, 6) is 0. The molecular weight excluding hydrogens is 232 g/mol. The summed E-state index contributed by atoms with van der Waals surface area (Å²) in [6.07, 6.45) is 8.08. The molecule has 1 aromatic rings. The Morgan fingerprint density at radius 2 is 1.89 bits per heavy atom. The molecule has 0 heterocycles. The van der Waals surface area contributed by atoms with Gasteiger partial charge in [0.25, 0.3) is 0 Å². The second-order valence-electron chi connectivity index (χ2n) is 6.17. The molecule has 2 nitrogen and oxygen atoms in total. The average molecular weight is 258 g/mol. The van der Waals surface area contributed by atoms with E-state index < -0.39 is 0 Å². The highest BCUT2D eigenvalue weighted by Crippen LogP contribution is 2.35. The largest absolute Gasteiger partial charge is 0.312 e. The summed E-state index contributed by atoms with van der Waals surface area (Å²) in [4.78, 5) is 2.66. The SMILES string of the molecule is CNC1c2ccccc2CCCC1N(C)C1CCC1. The van der Waals surface area contributed by atoms with Crippen LogP contribution in [0.5, 0.6) is 0 Å². The smallest absolute Gasteiger partial charge is 0.0478 e. The third-order valence-electron chi connectivity index (χ3n) is 5.21. The molecule has 2 atom stereocenters. The number of nitrogens with one attached hydrogen (secondary N) is 1. The lowest BCUT2D eigenvalue weighted by Gasteiger charge is -2.43. The Kier molecular flexibility index (Phi) is 3.90. The van der Waals surface area contributed by atoms with Crippen LogP contribution in [0.2, 0.25) is 0 Å². The Morgan fingerprint density at radius 1 is 1.11 bits per heavy atom. The van der Waals surface area contributed by atoms with Crippen molar-refractivity contribution >= 4 is 0 Å². The van der Waals surface area contributed by atoms with Crippen LogP contribution in [0.4, 0.5) is 0 Å². The van der Waals surface area contributed by atoms with Crippen molar-refractivity contribution in [1.82, 2.24) is 10.2 Å². The average Bonchev–Trinajstić information content (AvgIpc) is 2.55. The first-order valence-corrected chi connectivity index (χ1v) is 7.78. The number of hydrogen-bond acceptors (Lipinski definition) is 2. The highest BCUT2D eigenvalue weighted by atomic mass is 15.2. The fourth-order valence-corrected chi connectivity index (χ4v) is 3.79. The minimum absolute atomic E-state index is 0.490. The molecule has 0 aliphatic heterocycles. The molecule has 1 saturated carbocycles. The van der Waals surface area contributed by atoms with E-state index in [1.54, 1.807) is 5.56 Å². The molecule has 0 bridgehead atoms. The maximum Gasteiger partial charge on any atom is 0.0478 e. The van der Waals surface area contributed by atoms with E-state index in [1.165, 1.54) is 44.1 Å². The molecule has 1 aromatic carbocycles. The van der Waals surface area contributed by atoms with Crippen molar-refractivity contribution in [3.8, 4) is 0 Å². The van der Waals surface area contributed by atoms with Gasteiger partial charge in [0, 0.05) is 18.1 Å². The first kappa shape index (κ1) is 13.1. The van der Waals surface area contributed by atoms with Gasteiger partial charge in [0.2, 0.25) is 0 Å². The molecule has 2 unspecified atom stereocenters. The molecule has 2 heteroatoms. The van der Waals surface area contributed by atoms with Crippen LogP contribution in [0.15, 0.2) is 24.3 Å². The van der Waals surface area contributed by atoms with Crippen LogP contribution in [0, 0.1) is 0 Å². The third kappa shape index (κ3) is 2.44. The standard InChI is InChI=1S/C17H26N2/c1-18-17-15-11-4-3-7-13(15)8-5-12-16(17)19(2)14-9-6-10-14/h3-4,7,11,14,16-18H,5-6,8-10,12H2,1-2H3. The highest BCUT2D eigenvalue weighted by molar-refractivity contribution is 5.32. The minimum atomic E-state index is 0.490. The molecule has 0 amide bonds. The molecule has 104 valence electrons. The van der Waals surface area contributed by atoms with Crippen molar-refractivity contribution in [2.45, 2.75) is 56.7 Å². The molecule has 19 heavy (non-hydrogen) atoms. The van der Waals surface area contributed by atoms with Crippen molar-refractivity contribution < 1.29 is 0 Å². The zero-order valence-electron chi connectivity index (χ0n) is 12.2. The van der Waals surface area contributed by atoms with E-state index >= 15 is 0 Å². The fourth-order valence-electron chi connectivity index (χ4n) is 3.79. The summed E-state index contributed by atoms with van der Waals surface area (Å²) >= 11 is 0. The van der Waals surface area contributed by atoms with Crippen LogP contribution >= 0.6 is 0 Å². The highest BCUT2D eigenvalue weighted by Gasteiger charge is 2.34. The Hall–Kier alpha value is -0.860. The van der Waals surface area contributed by atoms with Crippen LogP contribution in [0.3, 0.4) is 0 Å². The van der Waals surface area contributed by atoms with Gasteiger partial charge in [-0.05, 0) is 57.3 Å². The fraction of sp³-hybridized carbons (Fsp3) is 0.647. The predicted octanol–water partition coefficient (Wildman–Crippen LogP) is 3.14. The van der Waals surface area contributed by atoms with Gasteiger partial charge in [-0.1, -0.05) is 30.7 Å². The van der Waals surface area contributed by atoms with Gasteiger partial charge in [0.1, 0.15) is 0 Å². The zero-order valence-corrected chi connectivity index (χ0v) is 12.2. The maximum atomic E-state index is 3.59. The first-order chi connectivity index (χ1) is 9.31. The summed E-state index contributed by atoms with van der Waals surface area (Å²) in [5.41, 5.74) is 3.07. The second kappa shape index (κ2) is 5.64. The van der Waals surface area contributed by atoms with Crippen molar-refractivity contribution in [1.29, 1.82) is 0 Å². The minimum Gasteiger partial charge on any atom is -0.312 e. The quantitative estimate of drug-likeness (QED) is 0.838. The van der Waals surface area contributed by atoms with Crippen molar-refractivity contribution in [2.24, 2.45) is 0 Å². The van der Waals surface area contributed by atoms with Crippen LogP contribution in [0.1, 0.15) is 49.3 Å². The summed E-state index contributed by atoms with van der Waals surface area (Å²) in [6.45, 7) is 0. The van der Waals surface area contributed by atoms with E-state index in [2.05, 4.69) is 48.6 Å². The molecule has 0 radical (unpaired) electrons. The number of likely N-dealkylation sites (N-methyl/N-ethyl adjacent to an activating group) is 2. The Labute approximate surface area is 117 Å². The lowest BCUT2D eigenvalue weighted by atomic mass is 9.88. The third-order valence-corrected chi connectivity index (χ3v) is 5.21. The monoisotopic (exact) mass is 258 g/mol. The van der Waals surface area contributed by atoms with E-state index in [9.17, 15) is 0 Å². The molecule has 1 N–H and O–H groups in total. The zero-order chi connectivity index (χ0) is 13.2. The van der Waals surface area contributed by atoms with E-state index in [0.29, 0.717) is 12.1 Å². The first-order valence-electron chi connectivity index (χ1n) is 7.78. The molecular formula is C17H26N2. The number of rotatable bonds is 3. The van der Waals surface area contributed by atoms with Gasteiger partial charge in [-0.25, -0.2) is 0 Å². The van der Waals surface area contributed by atoms with Crippen LogP contribution in [-0.2, 0) is 6.42 Å². The van der Waals surface area contributed by atoms with Crippen LogP contribution in [0.25, 0.3) is 0 Å². The predicted molar refractivity (Wildman–Crippen MR) is 80.4 cm³/mol. The van der Waals surface area contributed by atoms with E-state index in [1.807, 2.05) is 0 Å². The van der Waals surface area contributed by atoms with Crippen LogP contribution in [-0.4, -0.2) is 31.1 Å². The Balaban J connectivity index is 1.88. The number of benzene rings is 1. The van der Waals surface area contributed by atoms with Crippen molar-refractivity contribution in [2.75, 3.05) is 14.1 Å². The van der Waals surface area contributed by atoms with Gasteiger partial charge in [-0.15, -0.1) is 0 Å². The summed E-state index contributed by atoms with van der Waals surface area (Å²) < 4.78 is 0. The molecule has 0 saturated heterocycles. The van der Waals surface area contributed by atoms with Crippen molar-refractivity contribution in [3.05, 3.63) is 35.4 Å². The van der Waals surface area contributed by atoms with E-state index in [0.717, 1.165) is 6.04 Å². The van der Waals surface area contributed by atoms with Crippen molar-refractivity contribution in [3.63, 3.8) is 0 Å². The van der Waals surface area contributed by atoms with Gasteiger partial charge in [-0.3, -0.25) is 4.90 Å². The molecule has 2 aliphatic rings. The second-order valence-corrected chi connectivity index (χ2v) is 6.17. The Bertz CT molecular complexity index is 425. The van der Waals surface area contributed by atoms with Crippen LogP contribution < -0.4 is 5.32 Å². The van der Waals surface area contributed by atoms with E-state index in [4.69, 9.17) is 0 Å².